The van der Waals surface area contributed by atoms with Gasteiger partial charge in [0.2, 0.25) is 0 Å². The molecule has 3 atom stereocenters. The Morgan fingerprint density at radius 3 is 2.75 bits per heavy atom. The Bertz CT molecular complexity index is 581. The lowest BCUT2D eigenvalue weighted by Gasteiger charge is -2.58. The van der Waals surface area contributed by atoms with E-state index in [1.165, 1.54) is 38.4 Å². The van der Waals surface area contributed by atoms with Crippen LogP contribution in [0.25, 0.3) is 0 Å². The topological polar surface area (TPSA) is 50.1 Å². The molecule has 2 aliphatic carbocycles. The number of fused-ring (bicyclic) bond motifs is 1. The molecule has 0 unspecified atom stereocenters. The highest BCUT2D eigenvalue weighted by atomic mass is 16.5. The molecule has 132 valence electrons. The highest BCUT2D eigenvalue weighted by Gasteiger charge is 2.52. The normalized spacial score (nSPS) is 32.6. The third kappa shape index (κ3) is 3.43. The number of nitrogens with zero attached hydrogens (tertiary/aromatic N) is 1. The number of allylic oxidation sites excluding steroid dienone is 2. The van der Waals surface area contributed by atoms with Gasteiger partial charge in [0, 0.05) is 5.57 Å². The molecule has 0 heterocycles. The maximum Gasteiger partial charge on any atom is 0.334 e. The average Bonchev–Trinajstić information content (AvgIpc) is 2.51. The van der Waals surface area contributed by atoms with Gasteiger partial charge < -0.3 is 4.74 Å². The van der Waals surface area contributed by atoms with Crippen molar-refractivity contribution in [1.29, 1.82) is 5.26 Å². The van der Waals surface area contributed by atoms with Crippen LogP contribution in [0.3, 0.4) is 0 Å². The van der Waals surface area contributed by atoms with E-state index in [9.17, 15) is 4.79 Å². The highest BCUT2D eigenvalue weighted by Crippen LogP contribution is 2.61. The lowest BCUT2D eigenvalue weighted by Crippen LogP contribution is -2.49. The molecule has 0 aliphatic heterocycles. The van der Waals surface area contributed by atoms with E-state index in [4.69, 9.17) is 10.00 Å². The number of rotatable bonds is 4. The quantitative estimate of drug-likeness (QED) is 0.405. The summed E-state index contributed by atoms with van der Waals surface area (Å²) in [6.07, 6.45) is 8.91. The van der Waals surface area contributed by atoms with Crippen molar-refractivity contribution in [2.45, 2.75) is 65.7 Å². The first-order valence-electron chi connectivity index (χ1n) is 9.08. The Hall–Kier alpha value is -1.56. The molecule has 3 nitrogen and oxygen atoms in total. The molecule has 0 aromatic heterocycles. The third-order valence-corrected chi connectivity index (χ3v) is 6.64. The van der Waals surface area contributed by atoms with Gasteiger partial charge in [0.15, 0.2) is 0 Å². The van der Waals surface area contributed by atoms with Gasteiger partial charge in [-0.1, -0.05) is 45.4 Å². The fourth-order valence-electron chi connectivity index (χ4n) is 5.41. The first-order chi connectivity index (χ1) is 11.3. The molecule has 2 aliphatic rings. The van der Waals surface area contributed by atoms with E-state index in [1.54, 1.807) is 0 Å². The lowest BCUT2D eigenvalue weighted by atomic mass is 9.47. The second-order valence-corrected chi connectivity index (χ2v) is 8.44. The number of hydrogen-bond donors (Lipinski definition) is 0. The van der Waals surface area contributed by atoms with Crippen LogP contribution in [0.2, 0.25) is 0 Å². The third-order valence-electron chi connectivity index (χ3n) is 6.64. The van der Waals surface area contributed by atoms with Crippen molar-refractivity contribution in [3.05, 3.63) is 23.8 Å². The average molecular weight is 329 g/mol. The molecule has 0 amide bonds. The molecule has 0 spiro atoms. The molecule has 24 heavy (non-hydrogen) atoms. The van der Waals surface area contributed by atoms with Gasteiger partial charge in [-0.2, -0.15) is 5.26 Å². The van der Waals surface area contributed by atoms with Crippen molar-refractivity contribution in [2.75, 3.05) is 7.11 Å². The van der Waals surface area contributed by atoms with Gasteiger partial charge in [0.1, 0.15) is 0 Å². The van der Waals surface area contributed by atoms with E-state index in [1.807, 2.05) is 6.08 Å². The Kier molecular flexibility index (Phi) is 5.58. The van der Waals surface area contributed by atoms with Gasteiger partial charge >= 0.3 is 5.97 Å². The Labute approximate surface area is 146 Å². The van der Waals surface area contributed by atoms with Crippen LogP contribution < -0.4 is 0 Å². The van der Waals surface area contributed by atoms with Crippen LogP contribution in [0, 0.1) is 34.0 Å². The summed E-state index contributed by atoms with van der Waals surface area (Å²) in [7, 11) is 1.37. The standard InChI is InChI=1S/C21H31NO2/c1-15-7-10-18-20(2,3)12-6-13-21(18,4)17(15)9-8-16(11-14-22)19(23)24-5/h8,17-18H,1,6-7,9-13H2,2-5H3/b16-8+/t17-,18-,21+/m0/s1. The van der Waals surface area contributed by atoms with Gasteiger partial charge in [-0.25, -0.2) is 4.79 Å². The molecule has 3 heteroatoms. The maximum atomic E-state index is 11.9. The zero-order valence-electron chi connectivity index (χ0n) is 15.7. The van der Waals surface area contributed by atoms with Gasteiger partial charge in [-0.3, -0.25) is 0 Å². The van der Waals surface area contributed by atoms with Crippen LogP contribution in [0.15, 0.2) is 23.8 Å². The van der Waals surface area contributed by atoms with Crippen molar-refractivity contribution in [3.63, 3.8) is 0 Å². The predicted molar refractivity (Wildman–Crippen MR) is 96.0 cm³/mol. The van der Waals surface area contributed by atoms with E-state index in [2.05, 4.69) is 33.4 Å². The van der Waals surface area contributed by atoms with Crippen molar-refractivity contribution in [1.82, 2.24) is 0 Å². The minimum absolute atomic E-state index is 0.109. The monoisotopic (exact) mass is 329 g/mol. The number of nitriles is 1. The largest absolute Gasteiger partial charge is 0.466 e. The molecule has 0 saturated heterocycles. The molecule has 0 bridgehead atoms. The lowest BCUT2D eigenvalue weighted by molar-refractivity contribution is -0.136. The zero-order valence-corrected chi connectivity index (χ0v) is 15.7. The number of ether oxygens (including phenoxy) is 1. The van der Waals surface area contributed by atoms with Crippen molar-refractivity contribution in [2.24, 2.45) is 22.7 Å². The van der Waals surface area contributed by atoms with Crippen molar-refractivity contribution in [3.8, 4) is 6.07 Å². The van der Waals surface area contributed by atoms with E-state index in [0.717, 1.165) is 12.8 Å². The smallest absolute Gasteiger partial charge is 0.334 e. The van der Waals surface area contributed by atoms with E-state index in [0.29, 0.717) is 22.8 Å². The fourth-order valence-corrected chi connectivity index (χ4v) is 5.41. The summed E-state index contributed by atoms with van der Waals surface area (Å²) in [5.41, 5.74) is 2.40. The predicted octanol–water partition coefficient (Wildman–Crippen LogP) is 5.19. The van der Waals surface area contributed by atoms with Gasteiger partial charge in [-0.15, -0.1) is 0 Å². The van der Waals surface area contributed by atoms with Gasteiger partial charge in [-0.05, 0) is 54.8 Å². The molecule has 0 radical (unpaired) electrons. The molecule has 0 aromatic carbocycles. The van der Waals surface area contributed by atoms with E-state index in [-0.39, 0.29) is 17.8 Å². The number of methoxy groups -OCH3 is 1. The van der Waals surface area contributed by atoms with E-state index < -0.39 is 0 Å². The first-order valence-corrected chi connectivity index (χ1v) is 9.08. The van der Waals surface area contributed by atoms with Crippen LogP contribution in [0.4, 0.5) is 0 Å². The molecular weight excluding hydrogens is 298 g/mol. The van der Waals surface area contributed by atoms with Crippen LogP contribution in [-0.2, 0) is 9.53 Å². The second-order valence-electron chi connectivity index (χ2n) is 8.44. The Morgan fingerprint density at radius 2 is 2.12 bits per heavy atom. The molecule has 2 rings (SSSR count). The van der Waals surface area contributed by atoms with Gasteiger partial charge in [0.25, 0.3) is 0 Å². The van der Waals surface area contributed by atoms with Crippen LogP contribution in [0.1, 0.15) is 65.7 Å². The molecule has 0 N–H and O–H groups in total. The number of esters is 1. The molecule has 0 aromatic rings. The van der Waals surface area contributed by atoms with Gasteiger partial charge in [0.05, 0.1) is 19.6 Å². The maximum absolute atomic E-state index is 11.9. The summed E-state index contributed by atoms with van der Waals surface area (Å²) < 4.78 is 4.82. The minimum Gasteiger partial charge on any atom is -0.466 e. The molecule has 2 fully saturated rings. The minimum atomic E-state index is -0.386. The van der Waals surface area contributed by atoms with E-state index >= 15 is 0 Å². The number of carbonyl (C=O) groups excluding carboxylic acids is 1. The summed E-state index contributed by atoms with van der Waals surface area (Å²) in [6.45, 7) is 11.6. The van der Waals surface area contributed by atoms with Crippen LogP contribution in [0.5, 0.6) is 0 Å². The Morgan fingerprint density at radius 1 is 1.42 bits per heavy atom. The highest BCUT2D eigenvalue weighted by molar-refractivity contribution is 5.88. The van der Waals surface area contributed by atoms with Crippen LogP contribution in [-0.4, -0.2) is 13.1 Å². The number of carbonyl (C=O) groups is 1. The summed E-state index contributed by atoms with van der Waals surface area (Å²) in [4.78, 5) is 11.9. The molecular formula is C21H31NO2. The summed E-state index contributed by atoms with van der Waals surface area (Å²) >= 11 is 0. The second kappa shape index (κ2) is 7.13. The van der Waals surface area contributed by atoms with Crippen LogP contribution >= 0.6 is 0 Å². The summed E-state index contributed by atoms with van der Waals surface area (Å²) in [5.74, 6) is 0.693. The molecule has 2 saturated carbocycles. The fraction of sp³-hybridized carbons (Fsp3) is 0.714. The van der Waals surface area contributed by atoms with Crippen molar-refractivity contribution < 1.29 is 9.53 Å². The SMILES string of the molecule is C=C1CC[C@H]2C(C)(C)CCC[C@]2(C)[C@H]1C/C=C(\CC#N)C(=O)OC. The van der Waals surface area contributed by atoms with Crippen molar-refractivity contribution >= 4 is 5.97 Å². The Balaban J connectivity index is 2.28. The zero-order chi connectivity index (χ0) is 18.0. The summed E-state index contributed by atoms with van der Waals surface area (Å²) in [6, 6.07) is 2.07. The number of hydrogen-bond acceptors (Lipinski definition) is 3. The first kappa shape index (κ1) is 18.8. The summed E-state index contributed by atoms with van der Waals surface area (Å²) in [5, 5.41) is 8.96.